The summed E-state index contributed by atoms with van der Waals surface area (Å²) in [5.41, 5.74) is 1.15. The number of hydrogen-bond acceptors (Lipinski definition) is 6. The number of benzene rings is 1. The SMILES string of the molecule is COc1ccccc1C1CNCCN1CCn1ccc([N+](=O)[O-])n1.Cl. The van der Waals surface area contributed by atoms with Gasteiger partial charge in [-0.05, 0) is 11.0 Å². The summed E-state index contributed by atoms with van der Waals surface area (Å²) in [6, 6.07) is 9.67. The van der Waals surface area contributed by atoms with Crippen molar-refractivity contribution in [3.63, 3.8) is 0 Å². The Labute approximate surface area is 152 Å². The van der Waals surface area contributed by atoms with Gasteiger partial charge in [0, 0.05) is 31.7 Å². The Morgan fingerprint density at radius 1 is 1.36 bits per heavy atom. The largest absolute Gasteiger partial charge is 0.496 e. The minimum absolute atomic E-state index is 0. The van der Waals surface area contributed by atoms with E-state index in [2.05, 4.69) is 21.4 Å². The highest BCUT2D eigenvalue weighted by Gasteiger charge is 2.26. The number of rotatable bonds is 6. The van der Waals surface area contributed by atoms with Gasteiger partial charge in [0.1, 0.15) is 5.75 Å². The Balaban J connectivity index is 0.00000225. The molecule has 136 valence electrons. The molecule has 3 rings (SSSR count). The van der Waals surface area contributed by atoms with Crippen molar-refractivity contribution in [3.8, 4) is 5.75 Å². The third-order valence-corrected chi connectivity index (χ3v) is 4.28. The van der Waals surface area contributed by atoms with E-state index in [0.29, 0.717) is 6.54 Å². The molecule has 25 heavy (non-hydrogen) atoms. The monoisotopic (exact) mass is 367 g/mol. The number of methoxy groups -OCH3 is 1. The molecule has 1 aliphatic rings. The number of piperazine rings is 1. The van der Waals surface area contributed by atoms with E-state index in [1.165, 1.54) is 6.07 Å². The van der Waals surface area contributed by atoms with Crippen molar-refractivity contribution in [2.24, 2.45) is 0 Å². The van der Waals surface area contributed by atoms with E-state index in [1.807, 2.05) is 18.2 Å². The molecule has 1 N–H and O–H groups in total. The zero-order chi connectivity index (χ0) is 16.9. The maximum atomic E-state index is 10.7. The van der Waals surface area contributed by atoms with Crippen molar-refractivity contribution < 1.29 is 9.66 Å². The molecule has 2 aromatic rings. The number of ether oxygens (including phenoxy) is 1. The fraction of sp³-hybridized carbons (Fsp3) is 0.438. The Morgan fingerprint density at radius 2 is 2.16 bits per heavy atom. The molecular weight excluding hydrogens is 346 g/mol. The highest BCUT2D eigenvalue weighted by Crippen LogP contribution is 2.29. The van der Waals surface area contributed by atoms with Crippen LogP contribution in [0, 0.1) is 10.1 Å². The second-order valence-electron chi connectivity index (χ2n) is 5.69. The van der Waals surface area contributed by atoms with Crippen LogP contribution < -0.4 is 10.1 Å². The van der Waals surface area contributed by atoms with Gasteiger partial charge in [-0.15, -0.1) is 12.4 Å². The first-order chi connectivity index (χ1) is 11.7. The van der Waals surface area contributed by atoms with Gasteiger partial charge in [-0.3, -0.25) is 4.90 Å². The number of aromatic nitrogens is 2. The van der Waals surface area contributed by atoms with Gasteiger partial charge in [0.2, 0.25) is 0 Å². The van der Waals surface area contributed by atoms with Gasteiger partial charge >= 0.3 is 5.82 Å². The van der Waals surface area contributed by atoms with Gasteiger partial charge in [0.25, 0.3) is 0 Å². The normalized spacial score (nSPS) is 17.7. The van der Waals surface area contributed by atoms with Crippen LogP contribution in [0.1, 0.15) is 11.6 Å². The first-order valence-electron chi connectivity index (χ1n) is 7.94. The van der Waals surface area contributed by atoms with E-state index in [1.54, 1.807) is 18.0 Å². The van der Waals surface area contributed by atoms with E-state index < -0.39 is 4.92 Å². The summed E-state index contributed by atoms with van der Waals surface area (Å²) in [4.78, 5) is 12.6. The lowest BCUT2D eigenvalue weighted by atomic mass is 10.0. The second kappa shape index (κ2) is 8.80. The molecule has 1 aromatic carbocycles. The summed E-state index contributed by atoms with van der Waals surface area (Å²) in [5, 5.41) is 18.1. The fourth-order valence-corrected chi connectivity index (χ4v) is 3.07. The number of nitrogens with zero attached hydrogens (tertiary/aromatic N) is 4. The van der Waals surface area contributed by atoms with E-state index in [0.717, 1.165) is 37.5 Å². The van der Waals surface area contributed by atoms with Gasteiger partial charge < -0.3 is 20.2 Å². The Kier molecular flexibility index (Phi) is 6.74. The minimum Gasteiger partial charge on any atom is -0.496 e. The van der Waals surface area contributed by atoms with Crippen molar-refractivity contribution in [1.82, 2.24) is 20.0 Å². The summed E-state index contributed by atoms with van der Waals surface area (Å²) < 4.78 is 7.12. The molecule has 0 saturated carbocycles. The van der Waals surface area contributed by atoms with E-state index in [-0.39, 0.29) is 24.3 Å². The highest BCUT2D eigenvalue weighted by molar-refractivity contribution is 5.85. The molecule has 1 aliphatic heterocycles. The van der Waals surface area contributed by atoms with Crippen molar-refractivity contribution in [1.29, 1.82) is 0 Å². The van der Waals surface area contributed by atoms with Crippen LogP contribution in [0.5, 0.6) is 5.75 Å². The number of nitro groups is 1. The van der Waals surface area contributed by atoms with Gasteiger partial charge in [0.05, 0.1) is 37.1 Å². The van der Waals surface area contributed by atoms with Crippen LogP contribution in [-0.2, 0) is 6.54 Å². The Hall–Kier alpha value is -2.16. The van der Waals surface area contributed by atoms with Crippen molar-refractivity contribution >= 4 is 18.2 Å². The molecule has 1 unspecified atom stereocenters. The highest BCUT2D eigenvalue weighted by atomic mass is 35.5. The maximum Gasteiger partial charge on any atom is 0.389 e. The maximum absolute atomic E-state index is 10.7. The molecule has 1 aromatic heterocycles. The van der Waals surface area contributed by atoms with Gasteiger partial charge in [-0.25, -0.2) is 0 Å². The number of hydrogen-bond donors (Lipinski definition) is 1. The van der Waals surface area contributed by atoms with Crippen LogP contribution in [0.2, 0.25) is 0 Å². The molecule has 8 nitrogen and oxygen atoms in total. The molecule has 1 saturated heterocycles. The lowest BCUT2D eigenvalue weighted by Crippen LogP contribution is -2.47. The average Bonchev–Trinajstić information content (AvgIpc) is 3.09. The molecule has 0 bridgehead atoms. The molecule has 1 atom stereocenters. The molecule has 0 amide bonds. The van der Waals surface area contributed by atoms with Crippen LogP contribution in [0.15, 0.2) is 36.5 Å². The summed E-state index contributed by atoms with van der Waals surface area (Å²) in [7, 11) is 1.68. The van der Waals surface area contributed by atoms with Crippen LogP contribution in [0.3, 0.4) is 0 Å². The number of halogens is 1. The summed E-state index contributed by atoms with van der Waals surface area (Å²) in [6.07, 6.45) is 1.65. The summed E-state index contributed by atoms with van der Waals surface area (Å²) in [6.45, 7) is 4.05. The zero-order valence-electron chi connectivity index (χ0n) is 14.0. The van der Waals surface area contributed by atoms with Crippen molar-refractivity contribution in [3.05, 3.63) is 52.2 Å². The standard InChI is InChI=1S/C16H21N5O3.ClH/c1-24-15-5-3-2-4-13(15)14-12-17-7-9-19(14)10-11-20-8-6-16(18-20)21(22)23;/h2-6,8,14,17H,7,9-12H2,1H3;1H. The number of para-hydroxylation sites is 1. The molecule has 9 heteroatoms. The van der Waals surface area contributed by atoms with Crippen LogP contribution in [0.25, 0.3) is 0 Å². The minimum atomic E-state index is -0.473. The van der Waals surface area contributed by atoms with E-state index in [4.69, 9.17) is 4.74 Å². The first-order valence-corrected chi connectivity index (χ1v) is 7.94. The van der Waals surface area contributed by atoms with Crippen LogP contribution >= 0.6 is 12.4 Å². The molecule has 2 heterocycles. The smallest absolute Gasteiger partial charge is 0.389 e. The van der Waals surface area contributed by atoms with Crippen molar-refractivity contribution in [2.45, 2.75) is 12.6 Å². The fourth-order valence-electron chi connectivity index (χ4n) is 3.07. The first kappa shape index (κ1) is 19.2. The Bertz CT molecular complexity index is 709. The molecule has 0 radical (unpaired) electrons. The summed E-state index contributed by atoms with van der Waals surface area (Å²) >= 11 is 0. The Morgan fingerprint density at radius 3 is 2.88 bits per heavy atom. The lowest BCUT2D eigenvalue weighted by Gasteiger charge is -2.36. The molecule has 1 fully saturated rings. The molecule has 0 spiro atoms. The van der Waals surface area contributed by atoms with Crippen LogP contribution in [0.4, 0.5) is 5.82 Å². The predicted octanol–water partition coefficient (Wildman–Crippen LogP) is 1.87. The van der Waals surface area contributed by atoms with Gasteiger partial charge in [-0.2, -0.15) is 4.68 Å². The third kappa shape index (κ3) is 4.47. The van der Waals surface area contributed by atoms with Gasteiger partial charge in [0.15, 0.2) is 0 Å². The summed E-state index contributed by atoms with van der Waals surface area (Å²) in [5.74, 6) is 0.766. The van der Waals surface area contributed by atoms with Gasteiger partial charge in [-0.1, -0.05) is 18.2 Å². The lowest BCUT2D eigenvalue weighted by molar-refractivity contribution is -0.389. The van der Waals surface area contributed by atoms with Crippen LogP contribution in [-0.4, -0.2) is 52.9 Å². The molecular formula is C16H22ClN5O3. The van der Waals surface area contributed by atoms with Crippen molar-refractivity contribution in [2.75, 3.05) is 33.3 Å². The molecule has 0 aliphatic carbocycles. The average molecular weight is 368 g/mol. The zero-order valence-corrected chi connectivity index (χ0v) is 14.8. The quantitative estimate of drug-likeness (QED) is 0.619. The third-order valence-electron chi connectivity index (χ3n) is 4.28. The second-order valence-corrected chi connectivity index (χ2v) is 5.69. The van der Waals surface area contributed by atoms with E-state index >= 15 is 0 Å². The number of nitrogens with one attached hydrogen (secondary N) is 1. The topological polar surface area (TPSA) is 85.5 Å². The van der Waals surface area contributed by atoms with E-state index in [9.17, 15) is 10.1 Å². The predicted molar refractivity (Wildman–Crippen MR) is 96.3 cm³/mol.